The first-order valence-corrected chi connectivity index (χ1v) is 10.5. The van der Waals surface area contributed by atoms with Crippen LogP contribution >= 0.6 is 23.4 Å². The largest absolute Gasteiger partial charge is 0.465 e. The topological polar surface area (TPSA) is 88.1 Å². The molecular formula is C21H20ClN3O4S. The van der Waals surface area contributed by atoms with Gasteiger partial charge in [-0.15, -0.1) is 0 Å². The molecule has 1 aliphatic heterocycles. The molecule has 9 heteroatoms. The van der Waals surface area contributed by atoms with E-state index in [-0.39, 0.29) is 18.2 Å². The molecule has 0 spiro atoms. The summed E-state index contributed by atoms with van der Waals surface area (Å²) in [6.07, 6.45) is 0.0711. The van der Waals surface area contributed by atoms with Crippen LogP contribution in [0.15, 0.2) is 53.5 Å². The van der Waals surface area contributed by atoms with Gasteiger partial charge in [0.15, 0.2) is 5.17 Å². The maximum Gasteiger partial charge on any atom is 0.337 e. The number of hydrogen-bond acceptors (Lipinski definition) is 6. The average molecular weight is 446 g/mol. The van der Waals surface area contributed by atoms with E-state index in [1.165, 1.54) is 18.9 Å². The van der Waals surface area contributed by atoms with Gasteiger partial charge >= 0.3 is 5.97 Å². The lowest BCUT2D eigenvalue weighted by molar-refractivity contribution is -0.121. The number of esters is 1. The van der Waals surface area contributed by atoms with Crippen molar-refractivity contribution in [1.29, 1.82) is 0 Å². The van der Waals surface area contributed by atoms with E-state index >= 15 is 0 Å². The van der Waals surface area contributed by atoms with Crippen LogP contribution in [0.3, 0.4) is 0 Å². The number of amides is 2. The number of carbonyl (C=O) groups is 3. The molecule has 156 valence electrons. The molecule has 1 aliphatic rings. The predicted octanol–water partition coefficient (Wildman–Crippen LogP) is 3.98. The molecule has 7 nitrogen and oxygen atoms in total. The number of amidine groups is 1. The summed E-state index contributed by atoms with van der Waals surface area (Å²) < 4.78 is 4.69. The number of carbonyl (C=O) groups excluding carboxylic acids is 3. The summed E-state index contributed by atoms with van der Waals surface area (Å²) in [5.41, 5.74) is 1.59. The Kier molecular flexibility index (Phi) is 7.12. The number of ether oxygens (including phenoxy) is 1. The molecule has 0 aromatic heterocycles. The summed E-state index contributed by atoms with van der Waals surface area (Å²) in [6.45, 7) is 2.38. The molecule has 0 radical (unpaired) electrons. The minimum Gasteiger partial charge on any atom is -0.465 e. The SMILES string of the molecule is CCN=C(Nc1ccc(C(=O)OC)cc1)SC1CC(=O)N(c2cccc(Cl)c2)C1=O. The van der Waals surface area contributed by atoms with Crippen LogP contribution in [0.2, 0.25) is 5.02 Å². The Morgan fingerprint density at radius 2 is 2.00 bits per heavy atom. The highest BCUT2D eigenvalue weighted by atomic mass is 35.5. The van der Waals surface area contributed by atoms with Gasteiger partial charge in [-0.2, -0.15) is 0 Å². The van der Waals surface area contributed by atoms with E-state index in [0.29, 0.717) is 33.7 Å². The zero-order chi connectivity index (χ0) is 21.7. The van der Waals surface area contributed by atoms with Crippen molar-refractivity contribution in [3.8, 4) is 0 Å². The lowest BCUT2D eigenvalue weighted by Crippen LogP contribution is -2.31. The smallest absolute Gasteiger partial charge is 0.337 e. The zero-order valence-corrected chi connectivity index (χ0v) is 18.0. The van der Waals surface area contributed by atoms with Crippen LogP contribution in [0.25, 0.3) is 0 Å². The third kappa shape index (κ3) is 5.01. The van der Waals surface area contributed by atoms with Crippen molar-refractivity contribution in [3.05, 3.63) is 59.1 Å². The van der Waals surface area contributed by atoms with Gasteiger partial charge in [-0.1, -0.05) is 29.4 Å². The molecule has 0 bridgehead atoms. The van der Waals surface area contributed by atoms with Crippen molar-refractivity contribution in [2.24, 2.45) is 4.99 Å². The molecule has 1 atom stereocenters. The normalized spacial score (nSPS) is 16.7. The maximum absolute atomic E-state index is 12.9. The maximum atomic E-state index is 12.9. The molecule has 0 aliphatic carbocycles. The molecule has 1 unspecified atom stereocenters. The minimum absolute atomic E-state index is 0.0711. The second kappa shape index (κ2) is 9.77. The van der Waals surface area contributed by atoms with Crippen molar-refractivity contribution in [3.63, 3.8) is 0 Å². The lowest BCUT2D eigenvalue weighted by atomic mass is 10.2. The number of imide groups is 1. The van der Waals surface area contributed by atoms with Crippen LogP contribution in [0.1, 0.15) is 23.7 Å². The molecule has 1 fully saturated rings. The number of aliphatic imine (C=N–C) groups is 1. The molecule has 2 aromatic rings. The van der Waals surface area contributed by atoms with Crippen molar-refractivity contribution < 1.29 is 19.1 Å². The van der Waals surface area contributed by atoms with Crippen molar-refractivity contribution in [1.82, 2.24) is 0 Å². The number of hydrogen-bond donors (Lipinski definition) is 1. The second-order valence-corrected chi connectivity index (χ2v) is 7.96. The van der Waals surface area contributed by atoms with Gasteiger partial charge in [-0.25, -0.2) is 9.69 Å². The van der Waals surface area contributed by atoms with E-state index in [0.717, 1.165) is 4.90 Å². The van der Waals surface area contributed by atoms with Crippen LogP contribution in [-0.4, -0.2) is 41.9 Å². The summed E-state index contributed by atoms with van der Waals surface area (Å²) >= 11 is 7.20. The number of halogens is 1. The first-order valence-electron chi connectivity index (χ1n) is 9.21. The van der Waals surface area contributed by atoms with Crippen LogP contribution in [0.4, 0.5) is 11.4 Å². The molecule has 1 saturated heterocycles. The number of rotatable bonds is 5. The highest BCUT2D eigenvalue weighted by Crippen LogP contribution is 2.31. The van der Waals surface area contributed by atoms with Gasteiger partial charge in [0.05, 0.1) is 18.4 Å². The fraction of sp³-hybridized carbons (Fsp3) is 0.238. The van der Waals surface area contributed by atoms with Crippen molar-refractivity contribution in [2.75, 3.05) is 23.9 Å². The first-order chi connectivity index (χ1) is 14.4. The van der Waals surface area contributed by atoms with Gasteiger partial charge in [0.2, 0.25) is 11.8 Å². The van der Waals surface area contributed by atoms with Gasteiger partial charge < -0.3 is 10.1 Å². The monoisotopic (exact) mass is 445 g/mol. The summed E-state index contributed by atoms with van der Waals surface area (Å²) in [6, 6.07) is 13.4. The van der Waals surface area contributed by atoms with E-state index in [2.05, 4.69) is 10.3 Å². The minimum atomic E-state index is -0.594. The molecule has 30 heavy (non-hydrogen) atoms. The summed E-state index contributed by atoms with van der Waals surface area (Å²) in [5.74, 6) is -1.01. The van der Waals surface area contributed by atoms with E-state index in [1.807, 2.05) is 6.92 Å². The Hall–Kier alpha value is -2.84. The summed E-state index contributed by atoms with van der Waals surface area (Å²) in [4.78, 5) is 42.5. The van der Waals surface area contributed by atoms with E-state index in [1.54, 1.807) is 48.5 Å². The summed E-state index contributed by atoms with van der Waals surface area (Å²) in [7, 11) is 1.32. The number of nitrogens with zero attached hydrogens (tertiary/aromatic N) is 2. The van der Waals surface area contributed by atoms with Gasteiger partial charge in [0.25, 0.3) is 0 Å². The third-order valence-electron chi connectivity index (χ3n) is 4.28. The number of methoxy groups -OCH3 is 1. The Balaban J connectivity index is 1.72. The molecular weight excluding hydrogens is 426 g/mol. The van der Waals surface area contributed by atoms with Crippen LogP contribution in [0, 0.1) is 0 Å². The molecule has 1 heterocycles. The molecule has 2 amide bonds. The molecule has 2 aromatic carbocycles. The zero-order valence-electron chi connectivity index (χ0n) is 16.4. The second-order valence-electron chi connectivity index (χ2n) is 6.33. The number of thioether (sulfide) groups is 1. The Morgan fingerprint density at radius 3 is 2.63 bits per heavy atom. The number of anilines is 2. The fourth-order valence-electron chi connectivity index (χ4n) is 2.90. The fourth-order valence-corrected chi connectivity index (χ4v) is 4.16. The van der Waals surface area contributed by atoms with Crippen molar-refractivity contribution >= 4 is 57.7 Å². The van der Waals surface area contributed by atoms with Crippen LogP contribution in [-0.2, 0) is 14.3 Å². The van der Waals surface area contributed by atoms with E-state index in [9.17, 15) is 14.4 Å². The number of benzene rings is 2. The molecule has 0 saturated carbocycles. The molecule has 1 N–H and O–H groups in total. The highest BCUT2D eigenvalue weighted by Gasteiger charge is 2.40. The Labute approximate surface area is 183 Å². The molecule has 3 rings (SSSR count). The number of nitrogens with one attached hydrogen (secondary N) is 1. The standard InChI is InChI=1S/C21H20ClN3O4S/c1-3-23-21(24-15-9-7-13(8-10-15)20(28)29-2)30-17-12-18(26)25(19(17)27)16-6-4-5-14(22)11-16/h4-11,17H,3,12H2,1-2H3,(H,23,24). The average Bonchev–Trinajstić information content (AvgIpc) is 3.01. The third-order valence-corrected chi connectivity index (χ3v) is 5.63. The Morgan fingerprint density at radius 1 is 1.27 bits per heavy atom. The quantitative estimate of drug-likeness (QED) is 0.324. The van der Waals surface area contributed by atoms with Crippen LogP contribution < -0.4 is 10.2 Å². The van der Waals surface area contributed by atoms with Crippen molar-refractivity contribution in [2.45, 2.75) is 18.6 Å². The van der Waals surface area contributed by atoms with E-state index in [4.69, 9.17) is 16.3 Å². The highest BCUT2D eigenvalue weighted by molar-refractivity contribution is 8.15. The van der Waals surface area contributed by atoms with Gasteiger partial charge in [-0.05, 0) is 49.4 Å². The van der Waals surface area contributed by atoms with Gasteiger partial charge in [0.1, 0.15) is 5.25 Å². The van der Waals surface area contributed by atoms with Crippen LogP contribution in [0.5, 0.6) is 0 Å². The Bertz CT molecular complexity index is 994. The van der Waals surface area contributed by atoms with Gasteiger partial charge in [0, 0.05) is 23.7 Å². The lowest BCUT2D eigenvalue weighted by Gasteiger charge is -2.16. The summed E-state index contributed by atoms with van der Waals surface area (Å²) in [5, 5.41) is 3.52. The van der Waals surface area contributed by atoms with E-state index < -0.39 is 11.2 Å². The van der Waals surface area contributed by atoms with Gasteiger partial charge in [-0.3, -0.25) is 14.6 Å². The first kappa shape index (κ1) is 21.9. The predicted molar refractivity (Wildman–Crippen MR) is 119 cm³/mol.